The molecule has 0 bridgehead atoms. The molecule has 0 atom stereocenters. The summed E-state index contributed by atoms with van der Waals surface area (Å²) in [5, 5.41) is 7.71. The van der Waals surface area contributed by atoms with Gasteiger partial charge < -0.3 is 4.90 Å². The third-order valence-corrected chi connectivity index (χ3v) is 11.3. The zero-order chi connectivity index (χ0) is 34.8. The standard InChI is InChI=1S/C51H37N/c1-51(2)47-21-10-8-18-44(47)46-33-39(30-32-48(46)51)52(49-22-11-9-16-41(49)34-13-4-3-5-14-34)38-28-25-36(26-29-38)40-19-12-20-45-43(40)31-27-37-24-23-35-15-6-7-17-42(35)50(37)45/h3-33H,1-2H3. The van der Waals surface area contributed by atoms with Crippen LogP contribution in [0, 0.1) is 0 Å². The molecule has 0 spiro atoms. The van der Waals surface area contributed by atoms with Crippen LogP contribution >= 0.6 is 0 Å². The topological polar surface area (TPSA) is 3.24 Å². The van der Waals surface area contributed by atoms with Crippen LogP contribution in [0.5, 0.6) is 0 Å². The normalized spacial score (nSPS) is 13.0. The van der Waals surface area contributed by atoms with E-state index in [0.717, 1.165) is 17.1 Å². The first-order chi connectivity index (χ1) is 25.6. The number of benzene rings is 9. The lowest BCUT2D eigenvalue weighted by Crippen LogP contribution is -2.15. The second kappa shape index (κ2) is 11.8. The van der Waals surface area contributed by atoms with Crippen molar-refractivity contribution in [3.8, 4) is 33.4 Å². The van der Waals surface area contributed by atoms with E-state index in [1.165, 1.54) is 76.8 Å². The van der Waals surface area contributed by atoms with Crippen LogP contribution in [0.4, 0.5) is 17.1 Å². The summed E-state index contributed by atoms with van der Waals surface area (Å²) >= 11 is 0. The monoisotopic (exact) mass is 663 g/mol. The van der Waals surface area contributed by atoms with Gasteiger partial charge in [0.1, 0.15) is 0 Å². The molecule has 9 aromatic carbocycles. The summed E-state index contributed by atoms with van der Waals surface area (Å²) in [5.41, 5.74) is 13.6. The maximum Gasteiger partial charge on any atom is 0.0540 e. The van der Waals surface area contributed by atoms with Crippen molar-refractivity contribution in [2.45, 2.75) is 19.3 Å². The van der Waals surface area contributed by atoms with Crippen LogP contribution in [0.25, 0.3) is 65.7 Å². The van der Waals surface area contributed by atoms with Crippen molar-refractivity contribution < 1.29 is 0 Å². The van der Waals surface area contributed by atoms with Gasteiger partial charge in [0.15, 0.2) is 0 Å². The first-order valence-corrected chi connectivity index (χ1v) is 18.2. The third-order valence-electron chi connectivity index (χ3n) is 11.3. The van der Waals surface area contributed by atoms with Gasteiger partial charge in [-0.3, -0.25) is 0 Å². The Labute approximate surface area is 305 Å². The second-order valence-electron chi connectivity index (χ2n) is 14.5. The fourth-order valence-corrected chi connectivity index (χ4v) is 8.71. The maximum absolute atomic E-state index is 2.43. The Morgan fingerprint density at radius 3 is 1.85 bits per heavy atom. The quantitative estimate of drug-likeness (QED) is 0.166. The molecule has 1 aliphatic carbocycles. The lowest BCUT2D eigenvalue weighted by atomic mass is 9.82. The smallest absolute Gasteiger partial charge is 0.0540 e. The van der Waals surface area contributed by atoms with E-state index in [0.29, 0.717) is 0 Å². The van der Waals surface area contributed by atoms with Crippen molar-refractivity contribution in [3.05, 3.63) is 199 Å². The van der Waals surface area contributed by atoms with Crippen LogP contribution in [0.3, 0.4) is 0 Å². The summed E-state index contributed by atoms with van der Waals surface area (Å²) in [7, 11) is 0. The van der Waals surface area contributed by atoms with Gasteiger partial charge in [-0.25, -0.2) is 0 Å². The van der Waals surface area contributed by atoms with Crippen LogP contribution in [-0.4, -0.2) is 0 Å². The molecule has 9 aromatic rings. The first kappa shape index (κ1) is 30.4. The largest absolute Gasteiger partial charge is 0.310 e. The van der Waals surface area contributed by atoms with Crippen molar-refractivity contribution in [1.29, 1.82) is 0 Å². The van der Waals surface area contributed by atoms with Crippen LogP contribution in [0.2, 0.25) is 0 Å². The summed E-state index contributed by atoms with van der Waals surface area (Å²) in [4.78, 5) is 2.43. The van der Waals surface area contributed by atoms with Crippen LogP contribution in [-0.2, 0) is 5.41 Å². The number of fused-ring (bicyclic) bond motifs is 8. The van der Waals surface area contributed by atoms with Gasteiger partial charge in [-0.2, -0.15) is 0 Å². The SMILES string of the molecule is CC1(C)c2ccccc2-c2cc(N(c3ccc(-c4cccc5c4ccc4ccc6ccccc6c45)cc3)c3ccccc3-c3ccccc3)ccc21. The second-order valence-corrected chi connectivity index (χ2v) is 14.5. The molecule has 0 saturated heterocycles. The molecular weight excluding hydrogens is 627 g/mol. The summed E-state index contributed by atoms with van der Waals surface area (Å²) in [6.07, 6.45) is 0. The molecule has 246 valence electrons. The van der Waals surface area contributed by atoms with E-state index in [4.69, 9.17) is 0 Å². The molecule has 1 aliphatic rings. The Morgan fingerprint density at radius 1 is 0.365 bits per heavy atom. The van der Waals surface area contributed by atoms with E-state index >= 15 is 0 Å². The number of hydrogen-bond acceptors (Lipinski definition) is 1. The van der Waals surface area contributed by atoms with Crippen LogP contribution in [0.1, 0.15) is 25.0 Å². The lowest BCUT2D eigenvalue weighted by molar-refractivity contribution is 0.660. The van der Waals surface area contributed by atoms with E-state index in [-0.39, 0.29) is 5.41 Å². The molecule has 0 heterocycles. The molecule has 0 aromatic heterocycles. The number of para-hydroxylation sites is 1. The molecular formula is C51H37N. The average Bonchev–Trinajstić information content (AvgIpc) is 3.43. The van der Waals surface area contributed by atoms with Gasteiger partial charge in [0.25, 0.3) is 0 Å². The summed E-state index contributed by atoms with van der Waals surface area (Å²) < 4.78 is 0. The molecule has 0 aliphatic heterocycles. The Bertz CT molecular complexity index is 2810. The highest BCUT2D eigenvalue weighted by atomic mass is 15.1. The van der Waals surface area contributed by atoms with E-state index in [2.05, 4.69) is 207 Å². The van der Waals surface area contributed by atoms with Gasteiger partial charge in [-0.05, 0) is 102 Å². The van der Waals surface area contributed by atoms with Gasteiger partial charge in [0.2, 0.25) is 0 Å². The first-order valence-electron chi connectivity index (χ1n) is 18.2. The van der Waals surface area contributed by atoms with Gasteiger partial charge in [-0.15, -0.1) is 0 Å². The fraction of sp³-hybridized carbons (Fsp3) is 0.0588. The Morgan fingerprint density at radius 2 is 0.981 bits per heavy atom. The number of hydrogen-bond donors (Lipinski definition) is 0. The number of nitrogens with zero attached hydrogens (tertiary/aromatic N) is 1. The van der Waals surface area contributed by atoms with Crippen LogP contribution in [0.15, 0.2) is 188 Å². The molecule has 1 nitrogen and oxygen atoms in total. The fourth-order valence-electron chi connectivity index (χ4n) is 8.71. The molecule has 0 N–H and O–H groups in total. The summed E-state index contributed by atoms with van der Waals surface area (Å²) in [5.74, 6) is 0. The van der Waals surface area contributed by atoms with Gasteiger partial charge in [0, 0.05) is 22.4 Å². The van der Waals surface area contributed by atoms with E-state index in [9.17, 15) is 0 Å². The Hall–Kier alpha value is -6.44. The molecule has 0 unspecified atom stereocenters. The Balaban J connectivity index is 1.14. The number of anilines is 3. The summed E-state index contributed by atoms with van der Waals surface area (Å²) in [6.45, 7) is 4.69. The van der Waals surface area contributed by atoms with Gasteiger partial charge in [-0.1, -0.05) is 172 Å². The molecule has 0 amide bonds. The average molecular weight is 664 g/mol. The van der Waals surface area contributed by atoms with Crippen molar-refractivity contribution >= 4 is 49.4 Å². The van der Waals surface area contributed by atoms with Crippen LogP contribution < -0.4 is 4.90 Å². The van der Waals surface area contributed by atoms with Crippen molar-refractivity contribution in [3.63, 3.8) is 0 Å². The maximum atomic E-state index is 2.43. The Kier molecular flexibility index (Phi) is 6.91. The molecule has 1 heteroatoms. The predicted molar refractivity (Wildman–Crippen MR) is 222 cm³/mol. The molecule has 0 fully saturated rings. The highest BCUT2D eigenvalue weighted by Crippen LogP contribution is 2.51. The van der Waals surface area contributed by atoms with E-state index < -0.39 is 0 Å². The minimum atomic E-state index is -0.0467. The predicted octanol–water partition coefficient (Wildman–Crippen LogP) is 14.3. The van der Waals surface area contributed by atoms with Crippen molar-refractivity contribution in [2.24, 2.45) is 0 Å². The molecule has 10 rings (SSSR count). The van der Waals surface area contributed by atoms with Crippen molar-refractivity contribution in [1.82, 2.24) is 0 Å². The highest BCUT2D eigenvalue weighted by Gasteiger charge is 2.35. The lowest BCUT2D eigenvalue weighted by Gasteiger charge is -2.29. The highest BCUT2D eigenvalue weighted by molar-refractivity contribution is 6.22. The molecule has 52 heavy (non-hydrogen) atoms. The van der Waals surface area contributed by atoms with Gasteiger partial charge in [0.05, 0.1) is 5.69 Å². The summed E-state index contributed by atoms with van der Waals surface area (Å²) in [6, 6.07) is 69.1. The van der Waals surface area contributed by atoms with Gasteiger partial charge >= 0.3 is 0 Å². The zero-order valence-electron chi connectivity index (χ0n) is 29.3. The number of rotatable bonds is 5. The van der Waals surface area contributed by atoms with Crippen molar-refractivity contribution in [2.75, 3.05) is 4.90 Å². The molecule has 0 saturated carbocycles. The van der Waals surface area contributed by atoms with E-state index in [1.807, 2.05) is 0 Å². The minimum Gasteiger partial charge on any atom is -0.310 e. The third kappa shape index (κ3) is 4.70. The zero-order valence-corrected chi connectivity index (χ0v) is 29.3. The molecule has 0 radical (unpaired) electrons. The minimum absolute atomic E-state index is 0.0467. The van der Waals surface area contributed by atoms with E-state index in [1.54, 1.807) is 0 Å².